The molecule has 0 aliphatic heterocycles. The Morgan fingerprint density at radius 3 is 1.88 bits per heavy atom. The van der Waals surface area contributed by atoms with Gasteiger partial charge in [0.15, 0.2) is 0 Å². The first-order valence-corrected chi connectivity index (χ1v) is 15.2. The predicted octanol–water partition coefficient (Wildman–Crippen LogP) is 11.8. The Kier molecular flexibility index (Phi) is 5.13. The molecule has 0 aliphatic rings. The smallest absolute Gasteiger partial charge is 0.0544 e. The lowest BCUT2D eigenvalue weighted by atomic mass is 9.94. The standard InChI is InChI=1S/C40H25NS/c1-2-14-30-25(9-1)21-22-35-38(30)34-18-7-17-32(40(34)41-35)29-13-6-11-27(24-29)26-10-5-12-28(23-26)31-16-8-20-37-39(31)33-15-3-4-19-36(33)42-37/h1-24,41H. The molecule has 0 atom stereocenters. The second-order valence-electron chi connectivity index (χ2n) is 11.0. The third-order valence-electron chi connectivity index (χ3n) is 8.61. The lowest BCUT2D eigenvalue weighted by Gasteiger charge is -2.10. The number of aromatic nitrogens is 1. The number of rotatable bonds is 3. The Morgan fingerprint density at radius 2 is 1.02 bits per heavy atom. The highest BCUT2D eigenvalue weighted by Gasteiger charge is 2.14. The van der Waals surface area contributed by atoms with Gasteiger partial charge in [-0.25, -0.2) is 0 Å². The molecule has 2 heterocycles. The molecule has 0 fully saturated rings. The van der Waals surface area contributed by atoms with Crippen LogP contribution in [-0.2, 0) is 0 Å². The van der Waals surface area contributed by atoms with E-state index in [-0.39, 0.29) is 0 Å². The summed E-state index contributed by atoms with van der Waals surface area (Å²) in [5, 5.41) is 7.80. The van der Waals surface area contributed by atoms with Crippen LogP contribution in [0.25, 0.3) is 86.1 Å². The van der Waals surface area contributed by atoms with Crippen LogP contribution in [0.3, 0.4) is 0 Å². The topological polar surface area (TPSA) is 15.8 Å². The van der Waals surface area contributed by atoms with Gasteiger partial charge >= 0.3 is 0 Å². The molecule has 196 valence electrons. The van der Waals surface area contributed by atoms with Crippen LogP contribution in [0, 0.1) is 0 Å². The average molecular weight is 552 g/mol. The number of hydrogen-bond donors (Lipinski definition) is 1. The van der Waals surface area contributed by atoms with E-state index in [4.69, 9.17) is 0 Å². The highest BCUT2D eigenvalue weighted by atomic mass is 32.1. The van der Waals surface area contributed by atoms with Crippen molar-refractivity contribution in [1.82, 2.24) is 4.98 Å². The lowest BCUT2D eigenvalue weighted by Crippen LogP contribution is -1.85. The monoisotopic (exact) mass is 551 g/mol. The second kappa shape index (κ2) is 9.17. The molecule has 2 aromatic heterocycles. The van der Waals surface area contributed by atoms with Crippen molar-refractivity contribution < 1.29 is 0 Å². The van der Waals surface area contributed by atoms with E-state index in [1.54, 1.807) is 0 Å². The number of fused-ring (bicyclic) bond motifs is 8. The van der Waals surface area contributed by atoms with Gasteiger partial charge in [0.25, 0.3) is 0 Å². The van der Waals surface area contributed by atoms with Crippen molar-refractivity contribution in [3.8, 4) is 33.4 Å². The summed E-state index contributed by atoms with van der Waals surface area (Å²) in [6, 6.07) is 53.1. The van der Waals surface area contributed by atoms with Gasteiger partial charge in [0.2, 0.25) is 0 Å². The number of hydrogen-bond acceptors (Lipinski definition) is 1. The van der Waals surface area contributed by atoms with Crippen LogP contribution in [-0.4, -0.2) is 4.98 Å². The minimum absolute atomic E-state index is 1.18. The molecule has 0 bridgehead atoms. The number of H-pyrrole nitrogens is 1. The first-order chi connectivity index (χ1) is 20.8. The third kappa shape index (κ3) is 3.56. The van der Waals surface area contributed by atoms with Gasteiger partial charge in [-0.2, -0.15) is 0 Å². The van der Waals surface area contributed by atoms with Gasteiger partial charge in [-0.05, 0) is 68.9 Å². The van der Waals surface area contributed by atoms with Crippen molar-refractivity contribution in [1.29, 1.82) is 0 Å². The largest absolute Gasteiger partial charge is 0.354 e. The Hall–Kier alpha value is -5.18. The van der Waals surface area contributed by atoms with E-state index in [9.17, 15) is 0 Å². The summed E-state index contributed by atoms with van der Waals surface area (Å²) in [7, 11) is 0. The van der Waals surface area contributed by atoms with Crippen LogP contribution in [0.1, 0.15) is 0 Å². The zero-order valence-electron chi connectivity index (χ0n) is 22.8. The Morgan fingerprint density at radius 1 is 0.405 bits per heavy atom. The summed E-state index contributed by atoms with van der Waals surface area (Å²) in [5.41, 5.74) is 9.78. The highest BCUT2D eigenvalue weighted by Crippen LogP contribution is 2.41. The van der Waals surface area contributed by atoms with Crippen LogP contribution >= 0.6 is 11.3 Å². The maximum Gasteiger partial charge on any atom is 0.0544 e. The fraction of sp³-hybridized carbons (Fsp3) is 0. The summed E-state index contributed by atoms with van der Waals surface area (Å²) >= 11 is 1.87. The Bertz CT molecular complexity index is 2470. The second-order valence-corrected chi connectivity index (χ2v) is 12.1. The van der Waals surface area contributed by atoms with Crippen LogP contribution in [0.2, 0.25) is 0 Å². The molecule has 0 spiro atoms. The average Bonchev–Trinajstić information content (AvgIpc) is 3.64. The van der Waals surface area contributed by atoms with Crippen LogP contribution in [0.4, 0.5) is 0 Å². The molecule has 0 aliphatic carbocycles. The van der Waals surface area contributed by atoms with Crippen molar-refractivity contribution in [2.24, 2.45) is 0 Å². The first-order valence-electron chi connectivity index (χ1n) is 14.4. The minimum Gasteiger partial charge on any atom is -0.354 e. The molecule has 1 nitrogen and oxygen atoms in total. The molecule has 2 heteroatoms. The van der Waals surface area contributed by atoms with E-state index in [1.807, 2.05) is 11.3 Å². The molecule has 7 aromatic carbocycles. The normalized spacial score (nSPS) is 11.8. The predicted molar refractivity (Wildman–Crippen MR) is 183 cm³/mol. The van der Waals surface area contributed by atoms with Crippen molar-refractivity contribution in [2.75, 3.05) is 0 Å². The van der Waals surface area contributed by atoms with E-state index in [2.05, 4.69) is 151 Å². The van der Waals surface area contributed by atoms with Gasteiger partial charge in [-0.3, -0.25) is 0 Å². The van der Waals surface area contributed by atoms with Crippen LogP contribution < -0.4 is 0 Å². The quantitative estimate of drug-likeness (QED) is 0.225. The number of thiophene rings is 1. The SMILES string of the molecule is c1cc(-c2cccc(-c3cccc4sc5ccccc5c34)c2)cc(-c2cccc3c2[nH]c2ccc4ccccc4c23)c1. The lowest BCUT2D eigenvalue weighted by molar-refractivity contribution is 1.53. The molecule has 0 unspecified atom stereocenters. The van der Waals surface area contributed by atoms with Crippen LogP contribution in [0.5, 0.6) is 0 Å². The fourth-order valence-electron chi connectivity index (χ4n) is 6.68. The van der Waals surface area contributed by atoms with E-state index in [0.717, 1.165) is 0 Å². The van der Waals surface area contributed by atoms with Gasteiger partial charge < -0.3 is 4.98 Å². The first kappa shape index (κ1) is 23.5. The summed E-state index contributed by atoms with van der Waals surface area (Å²) < 4.78 is 2.67. The highest BCUT2D eigenvalue weighted by molar-refractivity contribution is 7.25. The Labute approximate surface area is 247 Å². The van der Waals surface area contributed by atoms with Crippen molar-refractivity contribution >= 4 is 64.1 Å². The fourth-order valence-corrected chi connectivity index (χ4v) is 7.82. The molecule has 1 N–H and O–H groups in total. The Balaban J connectivity index is 1.19. The van der Waals surface area contributed by atoms with Crippen molar-refractivity contribution in [3.63, 3.8) is 0 Å². The third-order valence-corrected chi connectivity index (χ3v) is 9.74. The molecular weight excluding hydrogens is 527 g/mol. The van der Waals surface area contributed by atoms with E-state index >= 15 is 0 Å². The van der Waals surface area contributed by atoms with E-state index < -0.39 is 0 Å². The van der Waals surface area contributed by atoms with Crippen LogP contribution in [0.15, 0.2) is 146 Å². The summed E-state index contributed by atoms with van der Waals surface area (Å²) in [4.78, 5) is 3.76. The number of aromatic amines is 1. The van der Waals surface area contributed by atoms with Gasteiger partial charge in [0, 0.05) is 42.0 Å². The van der Waals surface area contributed by atoms with Gasteiger partial charge in [-0.1, -0.05) is 115 Å². The molecule has 0 radical (unpaired) electrons. The summed E-state index contributed by atoms with van der Waals surface area (Å²) in [5.74, 6) is 0. The summed E-state index contributed by atoms with van der Waals surface area (Å²) in [6.45, 7) is 0. The van der Waals surface area contributed by atoms with Crippen molar-refractivity contribution in [3.05, 3.63) is 146 Å². The van der Waals surface area contributed by atoms with Gasteiger partial charge in [0.05, 0.1) is 5.52 Å². The molecule has 9 rings (SSSR count). The van der Waals surface area contributed by atoms with E-state index in [0.29, 0.717) is 0 Å². The number of benzene rings is 7. The molecule has 0 amide bonds. The number of para-hydroxylation sites is 1. The minimum atomic E-state index is 1.18. The zero-order valence-corrected chi connectivity index (χ0v) is 23.6. The number of nitrogens with one attached hydrogen (secondary N) is 1. The van der Waals surface area contributed by atoms with Gasteiger partial charge in [0.1, 0.15) is 0 Å². The van der Waals surface area contributed by atoms with E-state index in [1.165, 1.54) is 86.1 Å². The molecule has 0 saturated carbocycles. The zero-order chi connectivity index (χ0) is 27.6. The van der Waals surface area contributed by atoms with Crippen molar-refractivity contribution in [2.45, 2.75) is 0 Å². The molecule has 42 heavy (non-hydrogen) atoms. The molecule has 9 aromatic rings. The maximum atomic E-state index is 3.76. The summed E-state index contributed by atoms with van der Waals surface area (Å²) in [6.07, 6.45) is 0. The maximum absolute atomic E-state index is 3.76. The van der Waals surface area contributed by atoms with Gasteiger partial charge in [-0.15, -0.1) is 11.3 Å². The molecule has 0 saturated heterocycles. The molecular formula is C40H25NS.